The Hall–Kier alpha value is -2.14. The van der Waals surface area contributed by atoms with E-state index in [0.717, 1.165) is 5.69 Å². The fraction of sp³-hybridized carbons (Fsp3) is 0.333. The zero-order valence-electron chi connectivity index (χ0n) is 11.4. The molecule has 1 fully saturated rings. The molecule has 1 aliphatic rings. The molecule has 0 unspecified atom stereocenters. The number of aryl methyl sites for hydroxylation is 1. The summed E-state index contributed by atoms with van der Waals surface area (Å²) in [7, 11) is 1.98. The number of nitrogens with zero attached hydrogens (tertiary/aromatic N) is 3. The van der Waals surface area contributed by atoms with E-state index in [-0.39, 0.29) is 11.9 Å². The standard InChI is InChI=1S/C15H17N3O2/c1-17-7-3-5-13(17)14-11-20-9-8-18(14)15(19)12-4-2-6-16-10-12/h2-7,10,14H,8-9,11H2,1H3/t14-/m0/s1. The number of pyridine rings is 1. The quantitative estimate of drug-likeness (QED) is 0.834. The van der Waals surface area contributed by atoms with Crippen molar-refractivity contribution in [1.82, 2.24) is 14.5 Å². The molecule has 0 radical (unpaired) electrons. The van der Waals surface area contributed by atoms with Crippen molar-refractivity contribution in [3.63, 3.8) is 0 Å². The first-order valence-corrected chi connectivity index (χ1v) is 6.67. The molecule has 0 aliphatic carbocycles. The molecule has 1 saturated heterocycles. The van der Waals surface area contributed by atoms with Crippen LogP contribution in [0.4, 0.5) is 0 Å². The highest BCUT2D eigenvalue weighted by Crippen LogP contribution is 2.25. The van der Waals surface area contributed by atoms with Gasteiger partial charge in [0.05, 0.1) is 24.8 Å². The van der Waals surface area contributed by atoms with E-state index in [2.05, 4.69) is 4.98 Å². The van der Waals surface area contributed by atoms with Crippen molar-refractivity contribution in [2.24, 2.45) is 7.05 Å². The van der Waals surface area contributed by atoms with E-state index in [4.69, 9.17) is 4.74 Å². The molecule has 5 nitrogen and oxygen atoms in total. The summed E-state index contributed by atoms with van der Waals surface area (Å²) in [6, 6.07) is 7.55. The molecule has 0 saturated carbocycles. The minimum Gasteiger partial charge on any atom is -0.377 e. The van der Waals surface area contributed by atoms with Crippen molar-refractivity contribution >= 4 is 5.91 Å². The third kappa shape index (κ3) is 2.32. The lowest BCUT2D eigenvalue weighted by molar-refractivity contribution is -0.00465. The number of aromatic nitrogens is 2. The van der Waals surface area contributed by atoms with Gasteiger partial charge in [-0.05, 0) is 24.3 Å². The Kier molecular flexibility index (Phi) is 3.52. The van der Waals surface area contributed by atoms with Crippen molar-refractivity contribution in [3.8, 4) is 0 Å². The highest BCUT2D eigenvalue weighted by Gasteiger charge is 2.30. The molecule has 104 valence electrons. The van der Waals surface area contributed by atoms with Gasteiger partial charge in [0, 0.05) is 37.9 Å². The predicted octanol–water partition coefficient (Wildman–Crippen LogP) is 1.63. The van der Waals surface area contributed by atoms with Gasteiger partial charge in [0.1, 0.15) is 0 Å². The maximum Gasteiger partial charge on any atom is 0.256 e. The molecular weight excluding hydrogens is 254 g/mol. The summed E-state index contributed by atoms with van der Waals surface area (Å²) in [5, 5.41) is 0. The highest BCUT2D eigenvalue weighted by molar-refractivity contribution is 5.94. The predicted molar refractivity (Wildman–Crippen MR) is 74.2 cm³/mol. The van der Waals surface area contributed by atoms with Crippen LogP contribution >= 0.6 is 0 Å². The van der Waals surface area contributed by atoms with E-state index in [1.165, 1.54) is 0 Å². The van der Waals surface area contributed by atoms with Gasteiger partial charge in [0.2, 0.25) is 0 Å². The van der Waals surface area contributed by atoms with Gasteiger partial charge in [-0.25, -0.2) is 0 Å². The van der Waals surface area contributed by atoms with Crippen molar-refractivity contribution < 1.29 is 9.53 Å². The summed E-state index contributed by atoms with van der Waals surface area (Å²) in [5.41, 5.74) is 1.70. The molecule has 3 rings (SSSR count). The fourth-order valence-electron chi connectivity index (χ4n) is 2.57. The summed E-state index contributed by atoms with van der Waals surface area (Å²) in [6.45, 7) is 1.71. The van der Waals surface area contributed by atoms with Crippen molar-refractivity contribution in [2.45, 2.75) is 6.04 Å². The Morgan fingerprint density at radius 2 is 2.30 bits per heavy atom. The molecule has 0 aromatic carbocycles. The van der Waals surface area contributed by atoms with Gasteiger partial charge in [-0.3, -0.25) is 9.78 Å². The van der Waals surface area contributed by atoms with Gasteiger partial charge in [-0.15, -0.1) is 0 Å². The van der Waals surface area contributed by atoms with E-state index in [1.807, 2.05) is 34.8 Å². The van der Waals surface area contributed by atoms with Crippen LogP contribution in [0.3, 0.4) is 0 Å². The molecule has 1 atom stereocenters. The first-order chi connectivity index (χ1) is 9.77. The Labute approximate surface area is 117 Å². The van der Waals surface area contributed by atoms with Crippen LogP contribution in [-0.4, -0.2) is 40.1 Å². The van der Waals surface area contributed by atoms with Crippen LogP contribution in [0.25, 0.3) is 0 Å². The topological polar surface area (TPSA) is 47.4 Å². The molecule has 2 aromatic heterocycles. The maximum atomic E-state index is 12.6. The second kappa shape index (κ2) is 5.46. The lowest BCUT2D eigenvalue weighted by atomic mass is 10.1. The minimum absolute atomic E-state index is 0.00704. The van der Waals surface area contributed by atoms with Crippen LogP contribution in [0, 0.1) is 0 Å². The molecule has 3 heterocycles. The SMILES string of the molecule is Cn1cccc1[C@@H]1COCCN1C(=O)c1cccnc1. The largest absolute Gasteiger partial charge is 0.377 e. The van der Waals surface area contributed by atoms with Crippen molar-refractivity contribution in [2.75, 3.05) is 19.8 Å². The smallest absolute Gasteiger partial charge is 0.256 e. The number of rotatable bonds is 2. The zero-order chi connectivity index (χ0) is 13.9. The molecule has 2 aromatic rings. The molecule has 1 aliphatic heterocycles. The fourth-order valence-corrected chi connectivity index (χ4v) is 2.57. The average molecular weight is 271 g/mol. The first-order valence-electron chi connectivity index (χ1n) is 6.67. The van der Waals surface area contributed by atoms with Crippen LogP contribution in [0.15, 0.2) is 42.9 Å². The minimum atomic E-state index is -0.0449. The normalized spacial score (nSPS) is 19.1. The molecule has 20 heavy (non-hydrogen) atoms. The maximum absolute atomic E-state index is 12.6. The second-order valence-corrected chi connectivity index (χ2v) is 4.87. The van der Waals surface area contributed by atoms with E-state index in [9.17, 15) is 4.79 Å². The van der Waals surface area contributed by atoms with Gasteiger partial charge < -0.3 is 14.2 Å². The van der Waals surface area contributed by atoms with Gasteiger partial charge in [0.25, 0.3) is 5.91 Å². The second-order valence-electron chi connectivity index (χ2n) is 4.87. The number of carbonyl (C=O) groups excluding carboxylic acids is 1. The summed E-state index contributed by atoms with van der Waals surface area (Å²) in [5.74, 6) is 0.00704. The number of hydrogen-bond acceptors (Lipinski definition) is 3. The Morgan fingerprint density at radius 1 is 1.40 bits per heavy atom. The molecule has 0 bridgehead atoms. The van der Waals surface area contributed by atoms with E-state index >= 15 is 0 Å². The molecule has 1 amide bonds. The number of ether oxygens (including phenoxy) is 1. The van der Waals surface area contributed by atoms with Gasteiger partial charge in [0.15, 0.2) is 0 Å². The summed E-state index contributed by atoms with van der Waals surface area (Å²) in [4.78, 5) is 18.5. The van der Waals surface area contributed by atoms with Crippen molar-refractivity contribution in [3.05, 3.63) is 54.1 Å². The monoisotopic (exact) mass is 271 g/mol. The summed E-state index contributed by atoms with van der Waals surface area (Å²) in [6.07, 6.45) is 5.27. The lowest BCUT2D eigenvalue weighted by Gasteiger charge is -2.36. The molecular formula is C15H17N3O2. The lowest BCUT2D eigenvalue weighted by Crippen LogP contribution is -2.44. The zero-order valence-corrected chi connectivity index (χ0v) is 11.4. The van der Waals surface area contributed by atoms with Crippen molar-refractivity contribution in [1.29, 1.82) is 0 Å². The molecule has 0 N–H and O–H groups in total. The molecule has 5 heteroatoms. The number of carbonyl (C=O) groups is 1. The van der Waals surface area contributed by atoms with E-state index in [0.29, 0.717) is 25.3 Å². The number of hydrogen-bond donors (Lipinski definition) is 0. The van der Waals surface area contributed by atoms with E-state index < -0.39 is 0 Å². The first kappa shape index (κ1) is 12.9. The van der Waals surface area contributed by atoms with Crippen LogP contribution < -0.4 is 0 Å². The molecule has 0 spiro atoms. The third-order valence-corrected chi connectivity index (χ3v) is 3.62. The van der Waals surface area contributed by atoms with Crippen LogP contribution in [-0.2, 0) is 11.8 Å². The van der Waals surface area contributed by atoms with E-state index in [1.54, 1.807) is 24.5 Å². The highest BCUT2D eigenvalue weighted by atomic mass is 16.5. The summed E-state index contributed by atoms with van der Waals surface area (Å²) >= 11 is 0. The number of morpholine rings is 1. The third-order valence-electron chi connectivity index (χ3n) is 3.62. The Balaban J connectivity index is 1.90. The Morgan fingerprint density at radius 3 is 3.00 bits per heavy atom. The number of amides is 1. The summed E-state index contributed by atoms with van der Waals surface area (Å²) < 4.78 is 7.58. The van der Waals surface area contributed by atoms with Gasteiger partial charge >= 0.3 is 0 Å². The van der Waals surface area contributed by atoms with Crippen LogP contribution in [0.1, 0.15) is 22.1 Å². The van der Waals surface area contributed by atoms with Crippen LogP contribution in [0.2, 0.25) is 0 Å². The average Bonchev–Trinajstić information content (AvgIpc) is 2.93. The van der Waals surface area contributed by atoms with Gasteiger partial charge in [-0.1, -0.05) is 0 Å². The Bertz CT molecular complexity index is 594. The van der Waals surface area contributed by atoms with Gasteiger partial charge in [-0.2, -0.15) is 0 Å². The van der Waals surface area contributed by atoms with Crippen LogP contribution in [0.5, 0.6) is 0 Å².